The smallest absolute Gasteiger partial charge is 0.229 e. The molecule has 0 bridgehead atoms. The normalized spacial score (nSPS) is 35.6. The number of amides is 1. The number of nitrogens with one attached hydrogen (secondary N) is 1. The van der Waals surface area contributed by atoms with E-state index in [1.54, 1.807) is 0 Å². The standard InChI is InChI=1S/C15H27N3O2/c1-16-14-11-20-10-13(14)15(19)18-8-5-12(9-18)17-6-3-2-4-7-17/h12-14,16H,2-11H2,1H3. The lowest BCUT2D eigenvalue weighted by Gasteiger charge is -2.32. The molecule has 3 atom stereocenters. The fourth-order valence-corrected chi connectivity index (χ4v) is 3.84. The summed E-state index contributed by atoms with van der Waals surface area (Å²) in [5, 5.41) is 3.21. The third kappa shape index (κ3) is 2.85. The number of carbonyl (C=O) groups is 1. The summed E-state index contributed by atoms with van der Waals surface area (Å²) in [7, 11) is 1.92. The SMILES string of the molecule is CNC1COCC1C(=O)N1CCC(N2CCCCC2)C1. The molecule has 20 heavy (non-hydrogen) atoms. The fourth-order valence-electron chi connectivity index (χ4n) is 3.84. The van der Waals surface area contributed by atoms with Crippen molar-refractivity contribution in [3.8, 4) is 0 Å². The second-order valence-corrected chi connectivity index (χ2v) is 6.36. The van der Waals surface area contributed by atoms with Crippen LogP contribution in [0, 0.1) is 5.92 Å². The van der Waals surface area contributed by atoms with E-state index in [-0.39, 0.29) is 12.0 Å². The van der Waals surface area contributed by atoms with Crippen molar-refractivity contribution in [2.45, 2.75) is 37.8 Å². The Hall–Kier alpha value is -0.650. The number of likely N-dealkylation sites (N-methyl/N-ethyl adjacent to an activating group) is 1. The maximum atomic E-state index is 12.6. The molecule has 1 N–H and O–H groups in total. The van der Waals surface area contributed by atoms with Gasteiger partial charge < -0.3 is 15.0 Å². The Labute approximate surface area is 121 Å². The van der Waals surface area contributed by atoms with Crippen molar-refractivity contribution in [2.24, 2.45) is 5.92 Å². The van der Waals surface area contributed by atoms with Gasteiger partial charge in [-0.15, -0.1) is 0 Å². The lowest BCUT2D eigenvalue weighted by atomic mass is 10.0. The molecule has 0 spiro atoms. The van der Waals surface area contributed by atoms with Gasteiger partial charge in [0.15, 0.2) is 0 Å². The van der Waals surface area contributed by atoms with Crippen LogP contribution in [0.2, 0.25) is 0 Å². The Kier molecular flexibility index (Phi) is 4.58. The second kappa shape index (κ2) is 6.41. The Morgan fingerprint density at radius 2 is 1.95 bits per heavy atom. The minimum atomic E-state index is 0.0140. The van der Waals surface area contributed by atoms with E-state index in [1.165, 1.54) is 32.4 Å². The van der Waals surface area contributed by atoms with Gasteiger partial charge in [0.2, 0.25) is 5.91 Å². The van der Waals surface area contributed by atoms with Crippen LogP contribution < -0.4 is 5.32 Å². The average molecular weight is 281 g/mol. The Morgan fingerprint density at radius 3 is 2.70 bits per heavy atom. The van der Waals surface area contributed by atoms with Gasteiger partial charge in [0.1, 0.15) is 0 Å². The maximum Gasteiger partial charge on any atom is 0.229 e. The van der Waals surface area contributed by atoms with E-state index >= 15 is 0 Å². The van der Waals surface area contributed by atoms with Gasteiger partial charge in [0, 0.05) is 25.2 Å². The van der Waals surface area contributed by atoms with Crippen LogP contribution in [0.1, 0.15) is 25.7 Å². The molecule has 3 heterocycles. The fraction of sp³-hybridized carbons (Fsp3) is 0.933. The van der Waals surface area contributed by atoms with Gasteiger partial charge in [-0.2, -0.15) is 0 Å². The lowest BCUT2D eigenvalue weighted by Crippen LogP contribution is -2.46. The molecular formula is C15H27N3O2. The summed E-state index contributed by atoms with van der Waals surface area (Å²) >= 11 is 0. The van der Waals surface area contributed by atoms with Crippen LogP contribution in [0.15, 0.2) is 0 Å². The van der Waals surface area contributed by atoms with Gasteiger partial charge in [0.25, 0.3) is 0 Å². The first-order valence-electron chi connectivity index (χ1n) is 8.07. The van der Waals surface area contributed by atoms with Crippen LogP contribution in [0.3, 0.4) is 0 Å². The van der Waals surface area contributed by atoms with E-state index < -0.39 is 0 Å². The van der Waals surface area contributed by atoms with Crippen molar-refractivity contribution in [1.82, 2.24) is 15.1 Å². The molecular weight excluding hydrogens is 254 g/mol. The minimum Gasteiger partial charge on any atom is -0.379 e. The number of rotatable bonds is 3. The number of hydrogen-bond donors (Lipinski definition) is 1. The molecule has 3 fully saturated rings. The predicted molar refractivity (Wildman–Crippen MR) is 77.6 cm³/mol. The van der Waals surface area contributed by atoms with E-state index in [9.17, 15) is 4.79 Å². The van der Waals surface area contributed by atoms with E-state index in [0.29, 0.717) is 25.2 Å². The summed E-state index contributed by atoms with van der Waals surface area (Å²) in [5.41, 5.74) is 0. The van der Waals surface area contributed by atoms with Gasteiger partial charge in [-0.1, -0.05) is 6.42 Å². The maximum absolute atomic E-state index is 12.6. The molecule has 5 nitrogen and oxygen atoms in total. The highest BCUT2D eigenvalue weighted by Crippen LogP contribution is 2.24. The van der Waals surface area contributed by atoms with Crippen LogP contribution in [0.4, 0.5) is 0 Å². The minimum absolute atomic E-state index is 0.0140. The number of ether oxygens (including phenoxy) is 1. The molecule has 114 valence electrons. The Balaban J connectivity index is 1.55. The topological polar surface area (TPSA) is 44.8 Å². The number of likely N-dealkylation sites (tertiary alicyclic amines) is 2. The molecule has 0 aliphatic carbocycles. The molecule has 3 aliphatic heterocycles. The van der Waals surface area contributed by atoms with Gasteiger partial charge in [0.05, 0.1) is 19.1 Å². The number of nitrogens with zero attached hydrogens (tertiary/aromatic N) is 2. The van der Waals surface area contributed by atoms with E-state index in [2.05, 4.69) is 15.1 Å². The predicted octanol–water partition coefficient (Wildman–Crippen LogP) is 0.308. The van der Waals surface area contributed by atoms with Crippen molar-refractivity contribution in [2.75, 3.05) is 46.4 Å². The Bertz CT molecular complexity index is 344. The molecule has 3 rings (SSSR count). The Morgan fingerprint density at radius 1 is 1.15 bits per heavy atom. The summed E-state index contributed by atoms with van der Waals surface area (Å²) in [6, 6.07) is 0.783. The van der Waals surface area contributed by atoms with Gasteiger partial charge in [-0.05, 0) is 39.4 Å². The van der Waals surface area contributed by atoms with E-state index in [0.717, 1.165) is 19.5 Å². The first-order chi connectivity index (χ1) is 9.79. The number of carbonyl (C=O) groups excluding carboxylic acids is 1. The van der Waals surface area contributed by atoms with E-state index in [1.807, 2.05) is 7.05 Å². The van der Waals surface area contributed by atoms with Gasteiger partial charge in [-0.3, -0.25) is 9.69 Å². The van der Waals surface area contributed by atoms with Crippen LogP contribution in [0.25, 0.3) is 0 Å². The highest BCUT2D eigenvalue weighted by molar-refractivity contribution is 5.80. The third-order valence-corrected chi connectivity index (χ3v) is 5.15. The van der Waals surface area contributed by atoms with Gasteiger partial charge in [-0.25, -0.2) is 0 Å². The lowest BCUT2D eigenvalue weighted by molar-refractivity contribution is -0.135. The second-order valence-electron chi connectivity index (χ2n) is 6.36. The average Bonchev–Trinajstić information content (AvgIpc) is 3.16. The summed E-state index contributed by atoms with van der Waals surface area (Å²) in [6.07, 6.45) is 5.16. The van der Waals surface area contributed by atoms with Crippen molar-refractivity contribution >= 4 is 5.91 Å². The highest BCUT2D eigenvalue weighted by atomic mass is 16.5. The molecule has 0 saturated carbocycles. The van der Waals surface area contributed by atoms with Crippen molar-refractivity contribution in [3.05, 3.63) is 0 Å². The molecule has 1 amide bonds. The summed E-state index contributed by atoms with van der Waals surface area (Å²) < 4.78 is 5.46. The first kappa shape index (κ1) is 14.3. The van der Waals surface area contributed by atoms with Crippen molar-refractivity contribution in [1.29, 1.82) is 0 Å². The summed E-state index contributed by atoms with van der Waals surface area (Å²) in [6.45, 7) is 5.53. The van der Waals surface area contributed by atoms with Crippen LogP contribution in [-0.4, -0.2) is 74.2 Å². The first-order valence-corrected chi connectivity index (χ1v) is 8.07. The zero-order valence-corrected chi connectivity index (χ0v) is 12.5. The largest absolute Gasteiger partial charge is 0.379 e. The molecule has 0 aromatic carbocycles. The molecule has 5 heteroatoms. The zero-order chi connectivity index (χ0) is 13.9. The number of piperidine rings is 1. The van der Waals surface area contributed by atoms with Crippen LogP contribution >= 0.6 is 0 Å². The zero-order valence-electron chi connectivity index (χ0n) is 12.5. The molecule has 3 unspecified atom stereocenters. The summed E-state index contributed by atoms with van der Waals surface area (Å²) in [4.78, 5) is 17.3. The molecule has 0 radical (unpaired) electrons. The molecule has 3 saturated heterocycles. The third-order valence-electron chi connectivity index (χ3n) is 5.15. The molecule has 0 aromatic heterocycles. The molecule has 3 aliphatic rings. The highest BCUT2D eigenvalue weighted by Gasteiger charge is 2.39. The molecule has 0 aromatic rings. The van der Waals surface area contributed by atoms with E-state index in [4.69, 9.17) is 4.74 Å². The van der Waals surface area contributed by atoms with Crippen molar-refractivity contribution < 1.29 is 9.53 Å². The number of hydrogen-bond acceptors (Lipinski definition) is 4. The van der Waals surface area contributed by atoms with Gasteiger partial charge >= 0.3 is 0 Å². The van der Waals surface area contributed by atoms with Crippen LogP contribution in [-0.2, 0) is 9.53 Å². The quantitative estimate of drug-likeness (QED) is 0.808. The van der Waals surface area contributed by atoms with Crippen molar-refractivity contribution in [3.63, 3.8) is 0 Å². The summed E-state index contributed by atoms with van der Waals surface area (Å²) in [5.74, 6) is 0.307. The monoisotopic (exact) mass is 281 g/mol. The van der Waals surface area contributed by atoms with Crippen LogP contribution in [0.5, 0.6) is 0 Å².